The number of hydrogen-bond acceptors (Lipinski definition) is 4. The van der Waals surface area contributed by atoms with Crippen molar-refractivity contribution in [2.45, 2.75) is 44.6 Å². The van der Waals surface area contributed by atoms with Gasteiger partial charge in [0.1, 0.15) is 5.60 Å². The molecule has 144 valence electrons. The third kappa shape index (κ3) is 3.80. The van der Waals surface area contributed by atoms with Crippen LogP contribution in [-0.4, -0.2) is 45.9 Å². The van der Waals surface area contributed by atoms with E-state index in [1.54, 1.807) is 0 Å². The third-order valence-corrected chi connectivity index (χ3v) is 5.38. The number of piperidine rings is 1. The highest BCUT2D eigenvalue weighted by Gasteiger charge is 2.32. The Labute approximate surface area is 160 Å². The van der Waals surface area contributed by atoms with Crippen LogP contribution in [0.25, 0.3) is 0 Å². The van der Waals surface area contributed by atoms with Gasteiger partial charge in [-0.05, 0) is 38.3 Å². The van der Waals surface area contributed by atoms with E-state index in [9.17, 15) is 4.79 Å². The molecule has 0 N–H and O–H groups in total. The highest BCUT2D eigenvalue weighted by molar-refractivity contribution is 5.78. The quantitative estimate of drug-likeness (QED) is 0.832. The van der Waals surface area contributed by atoms with E-state index in [1.165, 1.54) is 5.56 Å². The Morgan fingerprint density at radius 2 is 2.26 bits per heavy atom. The van der Waals surface area contributed by atoms with Crippen LogP contribution in [0.4, 0.5) is 0 Å². The molecular formula is C21H27N3O3. The van der Waals surface area contributed by atoms with Crippen LogP contribution in [0.15, 0.2) is 30.6 Å². The average molecular weight is 369 g/mol. The van der Waals surface area contributed by atoms with Crippen molar-refractivity contribution in [3.05, 3.63) is 41.7 Å². The predicted molar refractivity (Wildman–Crippen MR) is 102 cm³/mol. The molecule has 2 aromatic rings. The molecule has 1 atom stereocenters. The lowest BCUT2D eigenvalue weighted by Crippen LogP contribution is -2.41. The number of carbonyl (C=O) groups is 1. The van der Waals surface area contributed by atoms with E-state index in [0.717, 1.165) is 43.7 Å². The maximum atomic E-state index is 12.7. The van der Waals surface area contributed by atoms with Crippen molar-refractivity contribution in [2.75, 3.05) is 19.7 Å². The van der Waals surface area contributed by atoms with Crippen molar-refractivity contribution in [2.24, 2.45) is 7.05 Å². The van der Waals surface area contributed by atoms with Gasteiger partial charge in [-0.15, -0.1) is 0 Å². The number of amides is 1. The molecule has 4 rings (SSSR count). The maximum Gasteiger partial charge on any atom is 0.260 e. The second-order valence-electron chi connectivity index (χ2n) is 8.20. The van der Waals surface area contributed by atoms with E-state index in [2.05, 4.69) is 25.0 Å². The zero-order valence-electron chi connectivity index (χ0n) is 16.3. The lowest BCUT2D eigenvalue weighted by atomic mass is 9.93. The lowest BCUT2D eigenvalue weighted by Gasteiger charge is -2.32. The minimum absolute atomic E-state index is 0.0263. The van der Waals surface area contributed by atoms with E-state index in [-0.39, 0.29) is 18.1 Å². The summed E-state index contributed by atoms with van der Waals surface area (Å²) in [5.74, 6) is 1.81. The average Bonchev–Trinajstić information content (AvgIpc) is 3.21. The van der Waals surface area contributed by atoms with Gasteiger partial charge in [0.15, 0.2) is 18.1 Å². The number of ether oxygens (including phenoxy) is 2. The van der Waals surface area contributed by atoms with Crippen LogP contribution in [-0.2, 0) is 18.3 Å². The molecule has 0 radical (unpaired) electrons. The number of aromatic nitrogens is 2. The number of likely N-dealkylation sites (tertiary alicyclic amines) is 1. The molecule has 0 bridgehead atoms. The number of benzene rings is 1. The molecule has 0 saturated carbocycles. The van der Waals surface area contributed by atoms with Crippen molar-refractivity contribution in [3.63, 3.8) is 0 Å². The Bertz CT molecular complexity index is 843. The Hall–Kier alpha value is -2.50. The van der Waals surface area contributed by atoms with Gasteiger partial charge in [-0.2, -0.15) is 5.10 Å². The molecule has 6 nitrogen and oxygen atoms in total. The van der Waals surface area contributed by atoms with Gasteiger partial charge < -0.3 is 14.4 Å². The van der Waals surface area contributed by atoms with Crippen LogP contribution in [0.5, 0.6) is 11.5 Å². The summed E-state index contributed by atoms with van der Waals surface area (Å²) in [5, 5.41) is 4.26. The molecule has 1 amide bonds. The monoisotopic (exact) mass is 369 g/mol. The topological polar surface area (TPSA) is 56.6 Å². The van der Waals surface area contributed by atoms with Gasteiger partial charge in [-0.1, -0.05) is 12.1 Å². The largest absolute Gasteiger partial charge is 0.483 e. The molecule has 27 heavy (non-hydrogen) atoms. The summed E-state index contributed by atoms with van der Waals surface area (Å²) in [5.41, 5.74) is 2.11. The molecule has 1 aromatic carbocycles. The number of carbonyl (C=O) groups excluding carboxylic acids is 1. The maximum absolute atomic E-state index is 12.7. The molecular weight excluding hydrogens is 342 g/mol. The van der Waals surface area contributed by atoms with Gasteiger partial charge in [0, 0.05) is 44.2 Å². The van der Waals surface area contributed by atoms with Crippen molar-refractivity contribution in [1.82, 2.24) is 14.7 Å². The van der Waals surface area contributed by atoms with Gasteiger partial charge >= 0.3 is 0 Å². The summed E-state index contributed by atoms with van der Waals surface area (Å²) in [4.78, 5) is 14.6. The van der Waals surface area contributed by atoms with Gasteiger partial charge in [-0.25, -0.2) is 0 Å². The third-order valence-electron chi connectivity index (χ3n) is 5.38. The molecule has 2 aliphatic heterocycles. The summed E-state index contributed by atoms with van der Waals surface area (Å²) in [7, 11) is 1.92. The first-order chi connectivity index (χ1) is 12.9. The van der Waals surface area contributed by atoms with E-state index in [4.69, 9.17) is 9.47 Å². The van der Waals surface area contributed by atoms with Crippen LogP contribution < -0.4 is 9.47 Å². The van der Waals surface area contributed by atoms with Crippen molar-refractivity contribution >= 4 is 5.91 Å². The fraction of sp³-hybridized carbons (Fsp3) is 0.524. The number of hydrogen-bond donors (Lipinski definition) is 0. The summed E-state index contributed by atoms with van der Waals surface area (Å²) < 4.78 is 13.7. The molecule has 0 aliphatic carbocycles. The number of aryl methyl sites for hydroxylation is 1. The number of nitrogens with zero attached hydrogens (tertiary/aromatic N) is 3. The standard InChI is InChI=1S/C21H27N3O3/c1-21(2)10-15-6-4-8-18(20(15)27-21)26-14-19(25)24-9-5-7-16(13-24)17-11-22-23(3)12-17/h4,6,8,11-12,16H,5,7,9-10,13-14H2,1-3H3. The molecule has 1 saturated heterocycles. The van der Waals surface area contributed by atoms with E-state index in [0.29, 0.717) is 11.7 Å². The zero-order valence-corrected chi connectivity index (χ0v) is 16.3. The van der Waals surface area contributed by atoms with E-state index in [1.807, 2.05) is 41.2 Å². The lowest BCUT2D eigenvalue weighted by molar-refractivity contribution is -0.134. The normalized spacial score (nSPS) is 20.9. The highest BCUT2D eigenvalue weighted by atomic mass is 16.5. The van der Waals surface area contributed by atoms with Crippen molar-refractivity contribution < 1.29 is 14.3 Å². The van der Waals surface area contributed by atoms with Gasteiger partial charge in [0.05, 0.1) is 6.20 Å². The SMILES string of the molecule is Cn1cc(C2CCCN(C(=O)COc3cccc4c3OC(C)(C)C4)C2)cn1. The van der Waals surface area contributed by atoms with Crippen LogP contribution in [0.2, 0.25) is 0 Å². The molecule has 1 aromatic heterocycles. The molecule has 1 unspecified atom stereocenters. The highest BCUT2D eigenvalue weighted by Crippen LogP contribution is 2.41. The predicted octanol–water partition coefficient (Wildman–Crippen LogP) is 2.92. The molecule has 0 spiro atoms. The zero-order chi connectivity index (χ0) is 19.0. The second-order valence-corrected chi connectivity index (χ2v) is 8.20. The Morgan fingerprint density at radius 3 is 3.04 bits per heavy atom. The smallest absolute Gasteiger partial charge is 0.260 e. The number of para-hydroxylation sites is 1. The first kappa shape index (κ1) is 17.9. The van der Waals surface area contributed by atoms with Crippen LogP contribution in [0.1, 0.15) is 43.7 Å². The number of rotatable bonds is 4. The van der Waals surface area contributed by atoms with Crippen LogP contribution in [0.3, 0.4) is 0 Å². The minimum atomic E-state index is -0.227. The Balaban J connectivity index is 1.38. The fourth-order valence-electron chi connectivity index (χ4n) is 4.06. The van der Waals surface area contributed by atoms with Gasteiger partial charge in [0.25, 0.3) is 5.91 Å². The summed E-state index contributed by atoms with van der Waals surface area (Å²) in [6.07, 6.45) is 6.89. The minimum Gasteiger partial charge on any atom is -0.483 e. The summed E-state index contributed by atoms with van der Waals surface area (Å²) in [6, 6.07) is 5.90. The number of fused-ring (bicyclic) bond motifs is 1. The first-order valence-electron chi connectivity index (χ1n) is 9.61. The molecule has 1 fully saturated rings. The second kappa shape index (κ2) is 6.91. The molecule has 2 aliphatic rings. The molecule has 3 heterocycles. The van der Waals surface area contributed by atoms with Gasteiger partial charge in [-0.3, -0.25) is 9.48 Å². The fourth-order valence-corrected chi connectivity index (χ4v) is 4.06. The van der Waals surface area contributed by atoms with Crippen LogP contribution >= 0.6 is 0 Å². The van der Waals surface area contributed by atoms with Crippen molar-refractivity contribution in [1.29, 1.82) is 0 Å². The summed E-state index contributed by atoms with van der Waals surface area (Å²) >= 11 is 0. The van der Waals surface area contributed by atoms with Gasteiger partial charge in [0.2, 0.25) is 0 Å². The Kier molecular flexibility index (Phi) is 4.58. The molecule has 6 heteroatoms. The van der Waals surface area contributed by atoms with Crippen LogP contribution in [0, 0.1) is 0 Å². The Morgan fingerprint density at radius 1 is 1.41 bits per heavy atom. The van der Waals surface area contributed by atoms with Crippen molar-refractivity contribution in [3.8, 4) is 11.5 Å². The van der Waals surface area contributed by atoms with E-state index >= 15 is 0 Å². The summed E-state index contributed by atoms with van der Waals surface area (Å²) in [6.45, 7) is 5.68. The van der Waals surface area contributed by atoms with E-state index < -0.39 is 0 Å². The first-order valence-corrected chi connectivity index (χ1v) is 9.61.